The van der Waals surface area contributed by atoms with Gasteiger partial charge in [-0.05, 0) is 48.4 Å². The van der Waals surface area contributed by atoms with Gasteiger partial charge in [-0.25, -0.2) is 0 Å². The number of benzene rings is 1. The summed E-state index contributed by atoms with van der Waals surface area (Å²) in [5, 5.41) is 2.17. The molecule has 1 aromatic heterocycles. The highest BCUT2D eigenvalue weighted by atomic mass is 35.5. The van der Waals surface area contributed by atoms with Crippen molar-refractivity contribution in [3.63, 3.8) is 0 Å². The Morgan fingerprint density at radius 1 is 1.19 bits per heavy atom. The third-order valence-electron chi connectivity index (χ3n) is 2.84. The number of rotatable bonds is 3. The van der Waals surface area contributed by atoms with E-state index in [1.807, 2.05) is 0 Å². The molecular weight excluding hydrogens is 236 g/mol. The lowest BCUT2D eigenvalue weighted by molar-refractivity contribution is 0.936. The lowest BCUT2D eigenvalue weighted by atomic mass is 10.0. The fourth-order valence-electron chi connectivity index (χ4n) is 1.71. The van der Waals surface area contributed by atoms with Crippen LogP contribution in [0.2, 0.25) is 0 Å². The summed E-state index contributed by atoms with van der Waals surface area (Å²) >= 11 is 8.11. The number of alkyl halides is 1. The lowest BCUT2D eigenvalue weighted by Crippen LogP contribution is -1.94. The second-order valence-electron chi connectivity index (χ2n) is 4.11. The molecule has 0 radical (unpaired) electrons. The molecule has 0 amide bonds. The molecule has 0 saturated carbocycles. The second-order valence-corrected chi connectivity index (χ2v) is 5.61. The molecule has 2 rings (SSSR count). The molecule has 1 heterocycles. The molecular formula is C14H15ClS. The third kappa shape index (κ3) is 2.66. The zero-order valence-electron chi connectivity index (χ0n) is 9.53. The standard InChI is InChI=1S/C14H15ClS/c1-10-5-6-12(8-11(10)2)9-13(15)14-4-3-7-16-14/h3-8,13H,9H2,1-2H3. The SMILES string of the molecule is Cc1ccc(CC(Cl)c2cccs2)cc1C. The van der Waals surface area contributed by atoms with Crippen molar-refractivity contribution in [1.29, 1.82) is 0 Å². The number of hydrogen-bond donors (Lipinski definition) is 0. The Kier molecular flexibility index (Phi) is 3.67. The Balaban J connectivity index is 2.12. The van der Waals surface area contributed by atoms with Gasteiger partial charge in [-0.15, -0.1) is 22.9 Å². The highest BCUT2D eigenvalue weighted by molar-refractivity contribution is 7.10. The molecule has 16 heavy (non-hydrogen) atoms. The summed E-state index contributed by atoms with van der Waals surface area (Å²) in [6.45, 7) is 4.28. The first-order chi connectivity index (χ1) is 7.66. The molecule has 1 aromatic carbocycles. The third-order valence-corrected chi connectivity index (χ3v) is 4.34. The van der Waals surface area contributed by atoms with E-state index in [1.165, 1.54) is 21.6 Å². The van der Waals surface area contributed by atoms with Gasteiger partial charge in [-0.2, -0.15) is 0 Å². The summed E-state index contributed by atoms with van der Waals surface area (Å²) in [6, 6.07) is 10.7. The predicted molar refractivity (Wildman–Crippen MR) is 72.5 cm³/mol. The van der Waals surface area contributed by atoms with Crippen LogP contribution in [-0.2, 0) is 6.42 Å². The quantitative estimate of drug-likeness (QED) is 0.681. The van der Waals surface area contributed by atoms with E-state index in [4.69, 9.17) is 11.6 Å². The zero-order valence-corrected chi connectivity index (χ0v) is 11.1. The molecule has 0 N–H and O–H groups in total. The van der Waals surface area contributed by atoms with Crippen molar-refractivity contribution in [3.8, 4) is 0 Å². The van der Waals surface area contributed by atoms with Crippen molar-refractivity contribution in [3.05, 3.63) is 57.3 Å². The molecule has 0 aliphatic carbocycles. The molecule has 1 atom stereocenters. The molecule has 0 saturated heterocycles. The van der Waals surface area contributed by atoms with Crippen LogP contribution >= 0.6 is 22.9 Å². The van der Waals surface area contributed by atoms with Crippen molar-refractivity contribution in [2.24, 2.45) is 0 Å². The predicted octanol–water partition coefficient (Wildman–Crippen LogP) is 4.89. The topological polar surface area (TPSA) is 0 Å². The molecule has 0 aliphatic rings. The van der Waals surface area contributed by atoms with Crippen LogP contribution in [0.3, 0.4) is 0 Å². The number of aryl methyl sites for hydroxylation is 2. The highest BCUT2D eigenvalue weighted by Gasteiger charge is 2.10. The summed E-state index contributed by atoms with van der Waals surface area (Å²) < 4.78 is 0. The largest absolute Gasteiger partial charge is 0.147 e. The highest BCUT2D eigenvalue weighted by Crippen LogP contribution is 2.28. The van der Waals surface area contributed by atoms with Gasteiger partial charge >= 0.3 is 0 Å². The normalized spacial score (nSPS) is 12.7. The van der Waals surface area contributed by atoms with E-state index >= 15 is 0 Å². The van der Waals surface area contributed by atoms with Crippen molar-refractivity contribution < 1.29 is 0 Å². The van der Waals surface area contributed by atoms with Crippen LogP contribution < -0.4 is 0 Å². The minimum Gasteiger partial charge on any atom is -0.147 e. The van der Waals surface area contributed by atoms with Crippen LogP contribution in [0.25, 0.3) is 0 Å². The first-order valence-corrected chi connectivity index (χ1v) is 6.72. The Labute approximate surface area is 106 Å². The Bertz CT molecular complexity index is 460. The van der Waals surface area contributed by atoms with E-state index in [9.17, 15) is 0 Å². The summed E-state index contributed by atoms with van der Waals surface area (Å²) in [4.78, 5) is 1.25. The Morgan fingerprint density at radius 3 is 2.62 bits per heavy atom. The van der Waals surface area contributed by atoms with Gasteiger partial charge in [0.05, 0.1) is 5.38 Å². The minimum absolute atomic E-state index is 0.0992. The lowest BCUT2D eigenvalue weighted by Gasteiger charge is -2.09. The fourth-order valence-corrected chi connectivity index (χ4v) is 2.82. The van der Waals surface area contributed by atoms with Crippen molar-refractivity contribution in [2.75, 3.05) is 0 Å². The van der Waals surface area contributed by atoms with Gasteiger partial charge in [0, 0.05) is 4.88 Å². The van der Waals surface area contributed by atoms with Gasteiger partial charge in [0.15, 0.2) is 0 Å². The zero-order chi connectivity index (χ0) is 11.5. The van der Waals surface area contributed by atoms with Crippen LogP contribution in [0.1, 0.15) is 26.9 Å². The average molecular weight is 251 g/mol. The van der Waals surface area contributed by atoms with Crippen LogP contribution in [0.4, 0.5) is 0 Å². The van der Waals surface area contributed by atoms with Gasteiger partial charge in [0.2, 0.25) is 0 Å². The van der Waals surface area contributed by atoms with Crippen molar-refractivity contribution >= 4 is 22.9 Å². The molecule has 84 valence electrons. The molecule has 0 aliphatic heterocycles. The smallest absolute Gasteiger partial charge is 0.0718 e. The summed E-state index contributed by atoms with van der Waals surface area (Å²) in [5.41, 5.74) is 4.00. The first kappa shape index (κ1) is 11.7. The average Bonchev–Trinajstić information content (AvgIpc) is 2.77. The molecule has 0 fully saturated rings. The number of thiophene rings is 1. The van der Waals surface area contributed by atoms with E-state index in [0.717, 1.165) is 6.42 Å². The van der Waals surface area contributed by atoms with Crippen LogP contribution in [0, 0.1) is 13.8 Å². The van der Waals surface area contributed by atoms with E-state index in [0.29, 0.717) is 0 Å². The second kappa shape index (κ2) is 5.03. The van der Waals surface area contributed by atoms with E-state index < -0.39 is 0 Å². The Hall–Kier alpha value is -0.790. The summed E-state index contributed by atoms with van der Waals surface area (Å²) in [7, 11) is 0. The molecule has 2 heteroatoms. The maximum Gasteiger partial charge on any atom is 0.0718 e. The maximum atomic E-state index is 6.38. The fraction of sp³-hybridized carbons (Fsp3) is 0.286. The van der Waals surface area contributed by atoms with E-state index in [-0.39, 0.29) is 5.38 Å². The first-order valence-electron chi connectivity index (χ1n) is 5.40. The Morgan fingerprint density at radius 2 is 2.00 bits per heavy atom. The molecule has 1 unspecified atom stereocenters. The van der Waals surface area contributed by atoms with Gasteiger partial charge in [-0.3, -0.25) is 0 Å². The van der Waals surface area contributed by atoms with E-state index in [1.54, 1.807) is 11.3 Å². The summed E-state index contributed by atoms with van der Waals surface area (Å²) in [6.07, 6.45) is 0.906. The van der Waals surface area contributed by atoms with Gasteiger partial charge < -0.3 is 0 Å². The van der Waals surface area contributed by atoms with E-state index in [2.05, 4.69) is 49.6 Å². The molecule has 0 spiro atoms. The van der Waals surface area contributed by atoms with Crippen LogP contribution in [0.15, 0.2) is 35.7 Å². The van der Waals surface area contributed by atoms with Crippen LogP contribution in [-0.4, -0.2) is 0 Å². The van der Waals surface area contributed by atoms with Crippen LogP contribution in [0.5, 0.6) is 0 Å². The van der Waals surface area contributed by atoms with Gasteiger partial charge in [-0.1, -0.05) is 24.3 Å². The summed E-state index contributed by atoms with van der Waals surface area (Å²) in [5.74, 6) is 0. The number of hydrogen-bond acceptors (Lipinski definition) is 1. The molecule has 0 nitrogen and oxygen atoms in total. The monoisotopic (exact) mass is 250 g/mol. The minimum atomic E-state index is 0.0992. The van der Waals surface area contributed by atoms with Crippen molar-refractivity contribution in [1.82, 2.24) is 0 Å². The molecule has 2 aromatic rings. The number of halogens is 1. The van der Waals surface area contributed by atoms with Gasteiger partial charge in [0.25, 0.3) is 0 Å². The van der Waals surface area contributed by atoms with Gasteiger partial charge in [0.1, 0.15) is 0 Å². The molecule has 0 bridgehead atoms. The maximum absolute atomic E-state index is 6.38. The van der Waals surface area contributed by atoms with Crippen molar-refractivity contribution in [2.45, 2.75) is 25.6 Å².